The van der Waals surface area contributed by atoms with Crippen LogP contribution in [0.2, 0.25) is 0 Å². The van der Waals surface area contributed by atoms with E-state index >= 15 is 0 Å². The van der Waals surface area contributed by atoms with Crippen LogP contribution in [0.1, 0.15) is 53.9 Å². The number of nitrogens with zero attached hydrogens (tertiary/aromatic N) is 1. The summed E-state index contributed by atoms with van der Waals surface area (Å²) in [5.41, 5.74) is 3.42. The van der Waals surface area contributed by atoms with Gasteiger partial charge in [0.2, 0.25) is 5.91 Å². The summed E-state index contributed by atoms with van der Waals surface area (Å²) in [5.74, 6) is 0.722. The van der Waals surface area contributed by atoms with E-state index in [0.29, 0.717) is 18.9 Å². The Hall–Kier alpha value is -2.46. The number of hydrogen-bond acceptors (Lipinski definition) is 3. The first kappa shape index (κ1) is 19.3. The molecule has 0 aliphatic carbocycles. The van der Waals surface area contributed by atoms with Crippen molar-refractivity contribution in [3.63, 3.8) is 0 Å². The Morgan fingerprint density at radius 3 is 2.11 bits per heavy atom. The predicted molar refractivity (Wildman–Crippen MR) is 112 cm³/mol. The van der Waals surface area contributed by atoms with Crippen molar-refractivity contribution >= 4 is 17.2 Å². The molecule has 1 amide bonds. The molecule has 3 rings (SSSR count). The maximum Gasteiger partial charge on any atom is 0.226 e. The molecule has 1 N–H and O–H groups in total. The first-order chi connectivity index (χ1) is 13.1. The highest BCUT2D eigenvalue weighted by atomic mass is 32.1. The number of thiazole rings is 1. The first-order valence-electron chi connectivity index (χ1n) is 9.44. The number of nitrogens with one attached hydrogen (secondary N) is 1. The molecule has 2 aromatic carbocycles. The quantitative estimate of drug-likeness (QED) is 0.589. The Labute approximate surface area is 165 Å². The molecular formula is C23H26N2OS. The summed E-state index contributed by atoms with van der Waals surface area (Å²) >= 11 is 1.63. The van der Waals surface area contributed by atoms with Crippen LogP contribution in [-0.2, 0) is 11.2 Å². The van der Waals surface area contributed by atoms with Gasteiger partial charge in [0.15, 0.2) is 0 Å². The highest BCUT2D eigenvalue weighted by Crippen LogP contribution is 2.27. The molecule has 140 valence electrons. The summed E-state index contributed by atoms with van der Waals surface area (Å²) in [5, 5.41) is 6.15. The third kappa shape index (κ3) is 5.51. The molecule has 27 heavy (non-hydrogen) atoms. The van der Waals surface area contributed by atoms with E-state index in [9.17, 15) is 4.79 Å². The zero-order chi connectivity index (χ0) is 19.1. The van der Waals surface area contributed by atoms with Gasteiger partial charge in [0.1, 0.15) is 0 Å². The van der Waals surface area contributed by atoms with Crippen molar-refractivity contribution in [1.82, 2.24) is 10.3 Å². The van der Waals surface area contributed by atoms with Gasteiger partial charge in [0.05, 0.1) is 17.1 Å². The minimum absolute atomic E-state index is 0.0375. The minimum atomic E-state index is 0.0375. The lowest BCUT2D eigenvalue weighted by Gasteiger charge is -2.18. The average Bonchev–Trinajstić information content (AvgIpc) is 3.15. The topological polar surface area (TPSA) is 42.0 Å². The number of aromatic nitrogens is 1. The van der Waals surface area contributed by atoms with E-state index in [4.69, 9.17) is 0 Å². The van der Waals surface area contributed by atoms with Gasteiger partial charge in [-0.1, -0.05) is 74.5 Å². The summed E-state index contributed by atoms with van der Waals surface area (Å²) in [6, 6.07) is 21.0. The average molecular weight is 379 g/mol. The van der Waals surface area contributed by atoms with Crippen LogP contribution >= 0.6 is 11.3 Å². The second kappa shape index (κ2) is 9.47. The van der Waals surface area contributed by atoms with Gasteiger partial charge in [0, 0.05) is 23.8 Å². The zero-order valence-electron chi connectivity index (χ0n) is 15.9. The van der Waals surface area contributed by atoms with Gasteiger partial charge in [-0.15, -0.1) is 11.3 Å². The Bertz CT molecular complexity index is 804. The molecule has 0 saturated heterocycles. The molecule has 0 saturated carbocycles. The summed E-state index contributed by atoms with van der Waals surface area (Å²) in [4.78, 5) is 16.8. The number of hydrogen-bond donors (Lipinski definition) is 1. The number of rotatable bonds is 8. The Balaban J connectivity index is 1.58. The summed E-state index contributed by atoms with van der Waals surface area (Å²) in [6.45, 7) is 4.89. The number of benzene rings is 2. The van der Waals surface area contributed by atoms with E-state index in [0.717, 1.165) is 17.1 Å². The van der Waals surface area contributed by atoms with Crippen LogP contribution in [0, 0.1) is 0 Å². The summed E-state index contributed by atoms with van der Waals surface area (Å²) in [6.07, 6.45) is 1.22. The molecule has 0 bridgehead atoms. The molecule has 3 nitrogen and oxygen atoms in total. The van der Waals surface area contributed by atoms with Crippen molar-refractivity contribution in [2.75, 3.05) is 6.54 Å². The molecule has 3 aromatic rings. The lowest BCUT2D eigenvalue weighted by atomic mass is 9.88. The van der Waals surface area contributed by atoms with Crippen LogP contribution in [0.3, 0.4) is 0 Å². The molecule has 0 aliphatic rings. The van der Waals surface area contributed by atoms with Gasteiger partial charge >= 0.3 is 0 Å². The van der Waals surface area contributed by atoms with Crippen LogP contribution in [0.5, 0.6) is 0 Å². The smallest absolute Gasteiger partial charge is 0.226 e. The highest BCUT2D eigenvalue weighted by Gasteiger charge is 2.15. The lowest BCUT2D eigenvalue weighted by Crippen LogP contribution is -2.27. The van der Waals surface area contributed by atoms with Crippen molar-refractivity contribution < 1.29 is 4.79 Å². The normalized spacial score (nSPS) is 11.1. The van der Waals surface area contributed by atoms with E-state index in [1.54, 1.807) is 11.3 Å². The minimum Gasteiger partial charge on any atom is -0.356 e. The van der Waals surface area contributed by atoms with Crippen molar-refractivity contribution in [3.8, 4) is 0 Å². The van der Waals surface area contributed by atoms with Gasteiger partial charge in [-0.05, 0) is 17.5 Å². The van der Waals surface area contributed by atoms with Crippen LogP contribution in [0.15, 0.2) is 66.0 Å². The van der Waals surface area contributed by atoms with Crippen LogP contribution in [0.25, 0.3) is 0 Å². The van der Waals surface area contributed by atoms with Gasteiger partial charge in [0.25, 0.3) is 0 Å². The molecule has 0 unspecified atom stereocenters. The monoisotopic (exact) mass is 378 g/mol. The third-order valence-corrected chi connectivity index (χ3v) is 5.76. The van der Waals surface area contributed by atoms with Crippen molar-refractivity contribution in [2.24, 2.45) is 0 Å². The summed E-state index contributed by atoms with van der Waals surface area (Å²) in [7, 11) is 0. The third-order valence-electron chi connectivity index (χ3n) is 4.56. The van der Waals surface area contributed by atoms with Gasteiger partial charge in [-0.25, -0.2) is 4.98 Å². The molecule has 1 aromatic heterocycles. The molecule has 0 spiro atoms. The SMILES string of the molecule is CC(C)c1nc(CC(=O)NCCC(c2ccccc2)c2ccccc2)cs1. The van der Waals surface area contributed by atoms with Crippen molar-refractivity contribution in [1.29, 1.82) is 0 Å². The number of amides is 1. The molecule has 0 radical (unpaired) electrons. The Morgan fingerprint density at radius 2 is 1.59 bits per heavy atom. The standard InChI is InChI=1S/C23H26N2OS/c1-17(2)23-25-20(16-27-23)15-22(26)24-14-13-21(18-9-5-3-6-10-18)19-11-7-4-8-12-19/h3-12,16-17,21H,13-15H2,1-2H3,(H,24,26). The van der Waals surface area contributed by atoms with Gasteiger partial charge in [-0.3, -0.25) is 4.79 Å². The van der Waals surface area contributed by atoms with Crippen molar-refractivity contribution in [3.05, 3.63) is 87.9 Å². The van der Waals surface area contributed by atoms with E-state index in [1.165, 1.54) is 11.1 Å². The van der Waals surface area contributed by atoms with Crippen LogP contribution in [0.4, 0.5) is 0 Å². The Kier molecular flexibility index (Phi) is 6.77. The highest BCUT2D eigenvalue weighted by molar-refractivity contribution is 7.09. The fourth-order valence-corrected chi connectivity index (χ4v) is 3.98. The second-order valence-corrected chi connectivity index (χ2v) is 7.91. The van der Waals surface area contributed by atoms with Gasteiger partial charge in [-0.2, -0.15) is 0 Å². The van der Waals surface area contributed by atoms with Crippen LogP contribution in [-0.4, -0.2) is 17.4 Å². The van der Waals surface area contributed by atoms with E-state index < -0.39 is 0 Å². The maximum absolute atomic E-state index is 12.3. The van der Waals surface area contributed by atoms with Crippen LogP contribution < -0.4 is 5.32 Å². The molecule has 0 fully saturated rings. The lowest BCUT2D eigenvalue weighted by molar-refractivity contribution is -0.120. The van der Waals surface area contributed by atoms with Crippen molar-refractivity contribution in [2.45, 2.75) is 38.5 Å². The number of carbonyl (C=O) groups excluding carboxylic acids is 1. The Morgan fingerprint density at radius 1 is 1.00 bits per heavy atom. The largest absolute Gasteiger partial charge is 0.356 e. The number of carbonyl (C=O) groups is 1. The van der Waals surface area contributed by atoms with E-state index in [2.05, 4.69) is 72.7 Å². The fourth-order valence-electron chi connectivity index (χ4n) is 3.15. The molecular weight excluding hydrogens is 352 g/mol. The molecule has 4 heteroatoms. The molecule has 0 atom stereocenters. The summed E-state index contributed by atoms with van der Waals surface area (Å²) < 4.78 is 0. The first-order valence-corrected chi connectivity index (χ1v) is 10.3. The molecule has 1 heterocycles. The second-order valence-electron chi connectivity index (χ2n) is 7.02. The molecule has 0 aliphatic heterocycles. The zero-order valence-corrected chi connectivity index (χ0v) is 16.7. The van der Waals surface area contributed by atoms with E-state index in [-0.39, 0.29) is 11.8 Å². The van der Waals surface area contributed by atoms with Gasteiger partial charge < -0.3 is 5.32 Å². The maximum atomic E-state index is 12.3. The van der Waals surface area contributed by atoms with E-state index in [1.807, 2.05) is 17.5 Å². The predicted octanol–water partition coefficient (Wildman–Crippen LogP) is 5.15. The fraction of sp³-hybridized carbons (Fsp3) is 0.304.